The molecule has 0 aliphatic heterocycles. The lowest BCUT2D eigenvalue weighted by Crippen LogP contribution is -2.34. The van der Waals surface area contributed by atoms with Crippen molar-refractivity contribution in [3.63, 3.8) is 0 Å². The highest BCUT2D eigenvalue weighted by Gasteiger charge is 2.26. The number of pyridine rings is 1. The summed E-state index contributed by atoms with van der Waals surface area (Å²) in [6.45, 7) is 6.04. The van der Waals surface area contributed by atoms with Crippen molar-refractivity contribution in [1.29, 1.82) is 0 Å². The molecule has 0 bridgehead atoms. The monoisotopic (exact) mass is 328 g/mol. The quantitative estimate of drug-likeness (QED) is 0.930. The first-order chi connectivity index (χ1) is 11.5. The molecule has 0 aromatic carbocycles. The van der Waals surface area contributed by atoms with Crippen molar-refractivity contribution in [3.8, 4) is 11.4 Å². The lowest BCUT2D eigenvalue weighted by molar-refractivity contribution is -0.127. The summed E-state index contributed by atoms with van der Waals surface area (Å²) < 4.78 is 5.33. The van der Waals surface area contributed by atoms with Gasteiger partial charge < -0.3 is 9.84 Å². The molecule has 1 fully saturated rings. The standard InChI is InChI=1S/C18H24N4O2/c1-11-4-6-14(7-5-11)17(23)20-13(3)18-21-16(22-24-18)15-8-9-19-12(2)10-15/h8-11,13-14H,4-7H2,1-3H3,(H,20,23)/t11?,13-,14?/m0/s1. The van der Waals surface area contributed by atoms with Crippen molar-refractivity contribution < 1.29 is 9.32 Å². The maximum Gasteiger partial charge on any atom is 0.249 e. The van der Waals surface area contributed by atoms with Crippen LogP contribution in [0.25, 0.3) is 11.4 Å². The van der Waals surface area contributed by atoms with E-state index in [1.54, 1.807) is 6.20 Å². The van der Waals surface area contributed by atoms with Crippen molar-refractivity contribution in [2.24, 2.45) is 11.8 Å². The van der Waals surface area contributed by atoms with E-state index in [1.165, 1.54) is 0 Å². The summed E-state index contributed by atoms with van der Waals surface area (Å²) in [6, 6.07) is 3.45. The van der Waals surface area contributed by atoms with Crippen LogP contribution >= 0.6 is 0 Å². The fourth-order valence-electron chi connectivity index (χ4n) is 3.13. The molecular weight excluding hydrogens is 304 g/mol. The Bertz CT molecular complexity index is 705. The van der Waals surface area contributed by atoms with Crippen molar-refractivity contribution in [2.45, 2.75) is 52.5 Å². The number of carbonyl (C=O) groups is 1. The predicted molar refractivity (Wildman–Crippen MR) is 89.9 cm³/mol. The van der Waals surface area contributed by atoms with Crippen LogP contribution in [0.15, 0.2) is 22.9 Å². The lowest BCUT2D eigenvalue weighted by Gasteiger charge is -2.26. The first kappa shape index (κ1) is 16.6. The molecule has 24 heavy (non-hydrogen) atoms. The molecule has 2 aromatic rings. The summed E-state index contributed by atoms with van der Waals surface area (Å²) >= 11 is 0. The lowest BCUT2D eigenvalue weighted by atomic mass is 9.82. The zero-order chi connectivity index (χ0) is 17.1. The summed E-state index contributed by atoms with van der Waals surface area (Å²) in [5, 5.41) is 7.02. The summed E-state index contributed by atoms with van der Waals surface area (Å²) in [5.74, 6) is 1.87. The molecule has 2 aromatic heterocycles. The van der Waals surface area contributed by atoms with Crippen molar-refractivity contribution in [1.82, 2.24) is 20.4 Å². The van der Waals surface area contributed by atoms with Gasteiger partial charge in [0.05, 0.1) is 0 Å². The third kappa shape index (κ3) is 3.80. The minimum atomic E-state index is -0.291. The van der Waals surface area contributed by atoms with Gasteiger partial charge in [-0.25, -0.2) is 0 Å². The highest BCUT2D eigenvalue weighted by atomic mass is 16.5. The highest BCUT2D eigenvalue weighted by Crippen LogP contribution is 2.29. The molecule has 128 valence electrons. The topological polar surface area (TPSA) is 80.9 Å². The number of aromatic nitrogens is 3. The number of nitrogens with one attached hydrogen (secondary N) is 1. The van der Waals surface area contributed by atoms with Crippen molar-refractivity contribution >= 4 is 5.91 Å². The Kier molecular flexibility index (Phi) is 4.92. The zero-order valence-electron chi connectivity index (χ0n) is 14.5. The maximum atomic E-state index is 12.4. The van der Waals surface area contributed by atoms with Crippen LogP contribution in [0.4, 0.5) is 0 Å². The molecule has 6 nitrogen and oxygen atoms in total. The number of aryl methyl sites for hydroxylation is 1. The van der Waals surface area contributed by atoms with E-state index < -0.39 is 0 Å². The van der Waals surface area contributed by atoms with Gasteiger partial charge in [-0.2, -0.15) is 4.98 Å². The largest absolute Gasteiger partial charge is 0.344 e. The molecule has 1 amide bonds. The van der Waals surface area contributed by atoms with Gasteiger partial charge in [-0.05, 0) is 57.6 Å². The second-order valence-corrected chi connectivity index (χ2v) is 6.83. The maximum absolute atomic E-state index is 12.4. The van der Waals surface area contributed by atoms with E-state index in [-0.39, 0.29) is 17.9 Å². The van der Waals surface area contributed by atoms with Crippen molar-refractivity contribution in [3.05, 3.63) is 29.9 Å². The summed E-state index contributed by atoms with van der Waals surface area (Å²) in [7, 11) is 0. The normalized spacial score (nSPS) is 22.1. The first-order valence-electron chi connectivity index (χ1n) is 8.60. The van der Waals surface area contributed by atoms with Gasteiger partial charge in [0.1, 0.15) is 6.04 Å². The minimum Gasteiger partial charge on any atom is -0.344 e. The van der Waals surface area contributed by atoms with E-state index in [0.717, 1.165) is 42.9 Å². The van der Waals surface area contributed by atoms with E-state index in [9.17, 15) is 4.79 Å². The average Bonchev–Trinajstić information content (AvgIpc) is 3.05. The Hall–Kier alpha value is -2.24. The van der Waals surface area contributed by atoms with Crippen LogP contribution in [0.3, 0.4) is 0 Å². The molecule has 1 N–H and O–H groups in total. The molecule has 0 spiro atoms. The van der Waals surface area contributed by atoms with Gasteiger partial charge in [-0.15, -0.1) is 0 Å². The molecule has 0 unspecified atom stereocenters. The average molecular weight is 328 g/mol. The Morgan fingerprint density at radius 2 is 2.08 bits per heavy atom. The van der Waals surface area contributed by atoms with Crippen LogP contribution in [0.2, 0.25) is 0 Å². The fourth-order valence-corrected chi connectivity index (χ4v) is 3.13. The summed E-state index contributed by atoms with van der Waals surface area (Å²) in [6.07, 6.45) is 5.89. The van der Waals surface area contributed by atoms with E-state index in [1.807, 2.05) is 26.0 Å². The molecule has 1 aliphatic carbocycles. The van der Waals surface area contributed by atoms with Crippen LogP contribution in [0, 0.1) is 18.8 Å². The molecule has 1 atom stereocenters. The van der Waals surface area contributed by atoms with Crippen LogP contribution < -0.4 is 5.32 Å². The minimum absolute atomic E-state index is 0.0916. The van der Waals surface area contributed by atoms with E-state index >= 15 is 0 Å². The third-order valence-electron chi connectivity index (χ3n) is 4.71. The van der Waals surface area contributed by atoms with Gasteiger partial charge in [-0.1, -0.05) is 12.1 Å². The van der Waals surface area contributed by atoms with Gasteiger partial charge in [0.15, 0.2) is 0 Å². The van der Waals surface area contributed by atoms with Crippen LogP contribution in [-0.2, 0) is 4.79 Å². The second kappa shape index (κ2) is 7.11. The van der Waals surface area contributed by atoms with Crippen LogP contribution in [-0.4, -0.2) is 21.0 Å². The fraction of sp³-hybridized carbons (Fsp3) is 0.556. The molecular formula is C18H24N4O2. The number of hydrogen-bond donors (Lipinski definition) is 1. The zero-order valence-corrected chi connectivity index (χ0v) is 14.5. The van der Waals surface area contributed by atoms with Crippen LogP contribution in [0.5, 0.6) is 0 Å². The molecule has 3 rings (SSSR count). The molecule has 0 radical (unpaired) electrons. The number of hydrogen-bond acceptors (Lipinski definition) is 5. The van der Waals surface area contributed by atoms with Gasteiger partial charge >= 0.3 is 0 Å². The van der Waals surface area contributed by atoms with Crippen molar-refractivity contribution in [2.75, 3.05) is 0 Å². The number of rotatable bonds is 4. The Labute approximate surface area is 142 Å². The van der Waals surface area contributed by atoms with Gasteiger partial charge in [0.2, 0.25) is 17.6 Å². The SMILES string of the molecule is Cc1cc(-c2noc([C@H](C)NC(=O)C3CCC(C)CC3)n2)ccn1. The molecule has 2 heterocycles. The second-order valence-electron chi connectivity index (χ2n) is 6.83. The molecule has 1 aliphatic rings. The molecule has 6 heteroatoms. The van der Waals surface area contributed by atoms with Crippen LogP contribution in [0.1, 0.15) is 57.2 Å². The van der Waals surface area contributed by atoms with E-state index in [4.69, 9.17) is 4.52 Å². The summed E-state index contributed by atoms with van der Waals surface area (Å²) in [5.41, 5.74) is 1.75. The Balaban J connectivity index is 1.63. The summed E-state index contributed by atoms with van der Waals surface area (Å²) in [4.78, 5) is 21.0. The van der Waals surface area contributed by atoms with E-state index in [2.05, 4.69) is 27.4 Å². The van der Waals surface area contributed by atoms with E-state index in [0.29, 0.717) is 11.7 Å². The smallest absolute Gasteiger partial charge is 0.249 e. The first-order valence-corrected chi connectivity index (χ1v) is 8.60. The predicted octanol–water partition coefficient (Wildman–Crippen LogP) is 3.44. The molecule has 0 saturated heterocycles. The number of carbonyl (C=O) groups excluding carboxylic acids is 1. The Morgan fingerprint density at radius 1 is 1.33 bits per heavy atom. The van der Waals surface area contributed by atoms with Gasteiger partial charge in [0.25, 0.3) is 0 Å². The highest BCUT2D eigenvalue weighted by molar-refractivity contribution is 5.79. The number of nitrogens with zero attached hydrogens (tertiary/aromatic N) is 3. The third-order valence-corrected chi connectivity index (χ3v) is 4.71. The van der Waals surface area contributed by atoms with Gasteiger partial charge in [-0.3, -0.25) is 9.78 Å². The van der Waals surface area contributed by atoms with Gasteiger partial charge in [0, 0.05) is 23.4 Å². The Morgan fingerprint density at radius 3 is 2.79 bits per heavy atom. The molecule has 1 saturated carbocycles. The number of amides is 1.